The fraction of sp³-hybridized carbons (Fsp3) is 0.391. The fourth-order valence-electron chi connectivity index (χ4n) is 4.67. The van der Waals surface area contributed by atoms with Gasteiger partial charge in [0.15, 0.2) is 5.82 Å². The Labute approximate surface area is 183 Å². The number of rotatable bonds is 4. The quantitative estimate of drug-likeness (QED) is 0.661. The summed E-state index contributed by atoms with van der Waals surface area (Å²) in [5.74, 6) is -2.05. The molecule has 2 aliphatic heterocycles. The van der Waals surface area contributed by atoms with E-state index in [9.17, 15) is 13.6 Å². The first-order valence-corrected chi connectivity index (χ1v) is 10.8. The third kappa shape index (κ3) is 3.70. The summed E-state index contributed by atoms with van der Waals surface area (Å²) in [5.41, 5.74) is 0.651. The molecule has 1 atom stereocenters. The number of hydrogen-bond acceptors (Lipinski definition) is 4. The number of hydrogen-bond donors (Lipinski definition) is 1. The number of anilines is 1. The first-order valence-electron chi connectivity index (χ1n) is 10.8. The second-order valence-corrected chi connectivity index (χ2v) is 8.24. The van der Waals surface area contributed by atoms with E-state index in [2.05, 4.69) is 10.4 Å². The molecule has 1 unspecified atom stereocenters. The molecule has 1 N–H and O–H groups in total. The maximum atomic E-state index is 15.8. The van der Waals surface area contributed by atoms with Gasteiger partial charge in [-0.05, 0) is 49.9 Å². The lowest BCUT2D eigenvalue weighted by Crippen LogP contribution is -2.38. The maximum Gasteiger partial charge on any atom is 0.255 e. The largest absolute Gasteiger partial charge is 0.381 e. The van der Waals surface area contributed by atoms with Crippen LogP contribution in [0.2, 0.25) is 0 Å². The van der Waals surface area contributed by atoms with Crippen molar-refractivity contribution in [2.24, 2.45) is 0 Å². The third-order valence-corrected chi connectivity index (χ3v) is 6.28. The highest BCUT2D eigenvalue weighted by atomic mass is 19.1. The van der Waals surface area contributed by atoms with Gasteiger partial charge in [-0.2, -0.15) is 5.10 Å². The molecule has 4 heterocycles. The van der Waals surface area contributed by atoms with Gasteiger partial charge in [0.2, 0.25) is 0 Å². The predicted molar refractivity (Wildman–Crippen MR) is 112 cm³/mol. The molecule has 168 valence electrons. The van der Waals surface area contributed by atoms with Crippen LogP contribution in [-0.4, -0.2) is 41.3 Å². The van der Waals surface area contributed by atoms with Gasteiger partial charge in [0.1, 0.15) is 17.2 Å². The normalized spacial score (nSPS) is 19.6. The van der Waals surface area contributed by atoms with E-state index in [1.165, 1.54) is 16.8 Å². The van der Waals surface area contributed by atoms with Gasteiger partial charge in [-0.1, -0.05) is 0 Å². The summed E-state index contributed by atoms with van der Waals surface area (Å²) in [6.07, 6.45) is 5.62. The molecule has 3 aromatic rings. The van der Waals surface area contributed by atoms with Crippen LogP contribution in [0.1, 0.15) is 47.6 Å². The molecular formula is C23H23F3N4O2. The van der Waals surface area contributed by atoms with Gasteiger partial charge in [-0.25, -0.2) is 17.7 Å². The van der Waals surface area contributed by atoms with Gasteiger partial charge in [-0.3, -0.25) is 4.79 Å². The molecule has 0 aliphatic carbocycles. The maximum absolute atomic E-state index is 15.8. The molecule has 1 aromatic carbocycles. The molecule has 32 heavy (non-hydrogen) atoms. The first-order chi connectivity index (χ1) is 15.5. The molecule has 9 heteroatoms. The van der Waals surface area contributed by atoms with Gasteiger partial charge in [0, 0.05) is 37.6 Å². The van der Waals surface area contributed by atoms with Crippen molar-refractivity contribution in [3.8, 4) is 0 Å². The number of aromatic nitrogens is 2. The second kappa shape index (κ2) is 8.46. The van der Waals surface area contributed by atoms with Crippen LogP contribution in [0.4, 0.5) is 18.9 Å². The number of ether oxygens (including phenoxy) is 1. The Morgan fingerprint density at radius 1 is 1.12 bits per heavy atom. The molecule has 5 rings (SSSR count). The Bertz CT molecular complexity index is 1160. The average Bonchev–Trinajstić information content (AvgIpc) is 3.44. The Hall–Kier alpha value is -3.07. The number of fused-ring (bicyclic) bond motifs is 1. The Kier molecular flexibility index (Phi) is 5.50. The number of carbonyl (C=O) groups is 1. The lowest BCUT2D eigenvalue weighted by Gasteiger charge is -2.28. The number of amides is 1. The number of benzene rings is 1. The van der Waals surface area contributed by atoms with Crippen molar-refractivity contribution in [1.29, 1.82) is 0 Å². The van der Waals surface area contributed by atoms with Crippen molar-refractivity contribution < 1.29 is 22.7 Å². The SMILES string of the molecule is O=C(NC1CCOCC1)c1cnn2ccc(N3CCCC3c3cc(F)ccc3F)c(F)c12. The molecular weight excluding hydrogens is 421 g/mol. The number of nitrogens with zero attached hydrogens (tertiary/aromatic N) is 3. The molecule has 6 nitrogen and oxygen atoms in total. The molecule has 0 spiro atoms. The summed E-state index contributed by atoms with van der Waals surface area (Å²) in [7, 11) is 0. The summed E-state index contributed by atoms with van der Waals surface area (Å²) in [6.45, 7) is 1.64. The number of halogens is 3. The summed E-state index contributed by atoms with van der Waals surface area (Å²) in [6, 6.07) is 4.36. The molecule has 2 aromatic heterocycles. The molecule has 2 aliphatic rings. The molecule has 0 saturated carbocycles. The van der Waals surface area contributed by atoms with E-state index in [1.54, 1.807) is 17.2 Å². The van der Waals surface area contributed by atoms with E-state index in [-0.39, 0.29) is 28.4 Å². The van der Waals surface area contributed by atoms with Crippen LogP contribution in [0, 0.1) is 17.5 Å². The summed E-state index contributed by atoms with van der Waals surface area (Å²) in [4.78, 5) is 14.6. The highest BCUT2D eigenvalue weighted by Crippen LogP contribution is 2.39. The van der Waals surface area contributed by atoms with Crippen LogP contribution in [0.5, 0.6) is 0 Å². The standard InChI is InChI=1S/C23H23F3N4O2/c24-14-3-4-18(25)16(12-14)19-2-1-8-29(19)20-5-9-30-22(21(20)26)17(13-27-30)23(31)28-15-6-10-32-11-7-15/h3-5,9,12-13,15,19H,1-2,6-8,10-11H2,(H,28,31). The van der Waals surface area contributed by atoms with E-state index in [1.807, 2.05) is 0 Å². The molecule has 1 amide bonds. The molecule has 0 bridgehead atoms. The van der Waals surface area contributed by atoms with E-state index in [0.29, 0.717) is 45.4 Å². The van der Waals surface area contributed by atoms with E-state index in [4.69, 9.17) is 4.74 Å². The first kappa shape index (κ1) is 20.8. The number of carbonyl (C=O) groups excluding carboxylic acids is 1. The molecule has 2 saturated heterocycles. The Morgan fingerprint density at radius 3 is 2.75 bits per heavy atom. The van der Waals surface area contributed by atoms with Crippen molar-refractivity contribution in [3.63, 3.8) is 0 Å². The number of nitrogens with one attached hydrogen (secondary N) is 1. The van der Waals surface area contributed by atoms with Crippen LogP contribution < -0.4 is 10.2 Å². The highest BCUT2D eigenvalue weighted by Gasteiger charge is 2.32. The predicted octanol–water partition coefficient (Wildman–Crippen LogP) is 4.00. The smallest absolute Gasteiger partial charge is 0.255 e. The zero-order chi connectivity index (χ0) is 22.2. The zero-order valence-electron chi connectivity index (χ0n) is 17.4. The minimum absolute atomic E-state index is 0.0311. The second-order valence-electron chi connectivity index (χ2n) is 8.24. The third-order valence-electron chi connectivity index (χ3n) is 6.28. The fourth-order valence-corrected chi connectivity index (χ4v) is 4.67. The van der Waals surface area contributed by atoms with Gasteiger partial charge in [0.25, 0.3) is 5.91 Å². The van der Waals surface area contributed by atoms with Crippen molar-refractivity contribution in [2.45, 2.75) is 37.8 Å². The van der Waals surface area contributed by atoms with E-state index in [0.717, 1.165) is 12.1 Å². The van der Waals surface area contributed by atoms with Gasteiger partial charge in [-0.15, -0.1) is 0 Å². The van der Waals surface area contributed by atoms with Gasteiger partial charge < -0.3 is 15.0 Å². The minimum Gasteiger partial charge on any atom is -0.381 e. The average molecular weight is 444 g/mol. The van der Waals surface area contributed by atoms with Gasteiger partial charge in [0.05, 0.1) is 23.5 Å². The zero-order valence-corrected chi connectivity index (χ0v) is 17.4. The van der Waals surface area contributed by atoms with Crippen LogP contribution in [-0.2, 0) is 4.74 Å². The topological polar surface area (TPSA) is 58.9 Å². The van der Waals surface area contributed by atoms with Crippen molar-refractivity contribution in [3.05, 3.63) is 65.2 Å². The highest BCUT2D eigenvalue weighted by molar-refractivity contribution is 6.01. The Balaban J connectivity index is 1.49. The lowest BCUT2D eigenvalue weighted by atomic mass is 10.0. The van der Waals surface area contributed by atoms with E-state index >= 15 is 4.39 Å². The summed E-state index contributed by atoms with van der Waals surface area (Å²) >= 11 is 0. The van der Waals surface area contributed by atoms with Crippen LogP contribution in [0.15, 0.2) is 36.7 Å². The molecule has 2 fully saturated rings. The monoisotopic (exact) mass is 444 g/mol. The van der Waals surface area contributed by atoms with Crippen molar-refractivity contribution in [1.82, 2.24) is 14.9 Å². The van der Waals surface area contributed by atoms with Crippen LogP contribution in [0.3, 0.4) is 0 Å². The summed E-state index contributed by atoms with van der Waals surface area (Å²) in [5, 5.41) is 7.06. The Morgan fingerprint density at radius 2 is 1.94 bits per heavy atom. The lowest BCUT2D eigenvalue weighted by molar-refractivity contribution is 0.0697. The van der Waals surface area contributed by atoms with E-state index < -0.39 is 29.4 Å². The molecule has 0 radical (unpaired) electrons. The summed E-state index contributed by atoms with van der Waals surface area (Å²) < 4.78 is 50.6. The van der Waals surface area contributed by atoms with Crippen molar-refractivity contribution >= 4 is 17.1 Å². The minimum atomic E-state index is -0.606. The van der Waals surface area contributed by atoms with Crippen molar-refractivity contribution in [2.75, 3.05) is 24.7 Å². The number of pyridine rings is 1. The van der Waals surface area contributed by atoms with Crippen LogP contribution >= 0.6 is 0 Å². The van der Waals surface area contributed by atoms with Crippen LogP contribution in [0.25, 0.3) is 5.52 Å². The van der Waals surface area contributed by atoms with Gasteiger partial charge >= 0.3 is 0 Å².